The van der Waals surface area contributed by atoms with Crippen molar-refractivity contribution in [2.24, 2.45) is 0 Å². The number of rotatable bonds is 4. The van der Waals surface area contributed by atoms with Crippen LogP contribution in [0.25, 0.3) is 0 Å². The lowest BCUT2D eigenvalue weighted by Gasteiger charge is -2.37. The number of ether oxygens (including phenoxy) is 2. The van der Waals surface area contributed by atoms with E-state index in [1.807, 2.05) is 19.0 Å². The zero-order valence-electron chi connectivity index (χ0n) is 14.1. The summed E-state index contributed by atoms with van der Waals surface area (Å²) >= 11 is 0. The van der Waals surface area contributed by atoms with Gasteiger partial charge in [0.05, 0.1) is 13.2 Å². The average Bonchev–Trinajstić information content (AvgIpc) is 3.01. The molecule has 1 aromatic rings. The smallest absolute Gasteiger partial charge is 0.222 e. The molecule has 2 aliphatic rings. The first-order valence-electron chi connectivity index (χ1n) is 8.40. The van der Waals surface area contributed by atoms with E-state index < -0.39 is 5.79 Å². The maximum atomic E-state index is 12.4. The van der Waals surface area contributed by atoms with E-state index in [1.165, 1.54) is 11.3 Å². The molecule has 2 heterocycles. The molecule has 1 spiro atoms. The Hall–Kier alpha value is -1.59. The van der Waals surface area contributed by atoms with E-state index in [4.69, 9.17) is 9.47 Å². The van der Waals surface area contributed by atoms with Crippen molar-refractivity contribution < 1.29 is 14.3 Å². The van der Waals surface area contributed by atoms with Crippen LogP contribution >= 0.6 is 0 Å². The number of hydrogen-bond acceptors (Lipinski definition) is 4. The SMILES string of the molecule is CN(C)c1cccc(CCC(=O)N2CCC3(CC2)OCCO3)c1. The molecule has 0 aliphatic carbocycles. The van der Waals surface area contributed by atoms with Gasteiger partial charge in [-0.05, 0) is 24.1 Å². The summed E-state index contributed by atoms with van der Waals surface area (Å²) in [7, 11) is 4.06. The van der Waals surface area contributed by atoms with Crippen LogP contribution < -0.4 is 4.90 Å². The molecule has 126 valence electrons. The lowest BCUT2D eigenvalue weighted by atomic mass is 10.0. The monoisotopic (exact) mass is 318 g/mol. The van der Waals surface area contributed by atoms with E-state index in [1.54, 1.807) is 0 Å². The Bertz CT molecular complexity index is 543. The number of piperidine rings is 1. The predicted octanol–water partition coefficient (Wildman–Crippen LogP) is 2.05. The predicted molar refractivity (Wildman–Crippen MR) is 89.5 cm³/mol. The fraction of sp³-hybridized carbons (Fsp3) is 0.611. The van der Waals surface area contributed by atoms with Crippen molar-refractivity contribution in [3.8, 4) is 0 Å². The second-order valence-electron chi connectivity index (χ2n) is 6.55. The van der Waals surface area contributed by atoms with E-state index in [-0.39, 0.29) is 5.91 Å². The lowest BCUT2D eigenvalue weighted by Crippen LogP contribution is -2.47. The number of carbonyl (C=O) groups is 1. The van der Waals surface area contributed by atoms with Gasteiger partial charge in [0.15, 0.2) is 5.79 Å². The van der Waals surface area contributed by atoms with Gasteiger partial charge in [-0.15, -0.1) is 0 Å². The van der Waals surface area contributed by atoms with Gasteiger partial charge in [-0.3, -0.25) is 4.79 Å². The fourth-order valence-corrected chi connectivity index (χ4v) is 3.28. The molecule has 3 rings (SSSR count). The number of likely N-dealkylation sites (tertiary alicyclic amines) is 1. The number of carbonyl (C=O) groups excluding carboxylic acids is 1. The summed E-state index contributed by atoms with van der Waals surface area (Å²) < 4.78 is 11.4. The summed E-state index contributed by atoms with van der Waals surface area (Å²) in [5.41, 5.74) is 2.38. The molecule has 1 amide bonds. The Morgan fingerprint density at radius 1 is 1.22 bits per heavy atom. The fourth-order valence-electron chi connectivity index (χ4n) is 3.28. The molecule has 0 N–H and O–H groups in total. The Morgan fingerprint density at radius 3 is 2.57 bits per heavy atom. The highest BCUT2D eigenvalue weighted by atomic mass is 16.7. The molecule has 0 bridgehead atoms. The standard InChI is InChI=1S/C18H26N2O3/c1-19(2)16-5-3-4-15(14-16)6-7-17(21)20-10-8-18(9-11-20)22-12-13-23-18/h3-5,14H,6-13H2,1-2H3. The van der Waals surface area contributed by atoms with Crippen LogP contribution in [0.3, 0.4) is 0 Å². The maximum Gasteiger partial charge on any atom is 0.222 e. The Kier molecular flexibility index (Phi) is 4.87. The lowest BCUT2D eigenvalue weighted by molar-refractivity contribution is -0.187. The van der Waals surface area contributed by atoms with Crippen LogP contribution in [0.4, 0.5) is 5.69 Å². The maximum absolute atomic E-state index is 12.4. The number of anilines is 1. The summed E-state index contributed by atoms with van der Waals surface area (Å²) in [4.78, 5) is 16.5. The van der Waals surface area contributed by atoms with Crippen molar-refractivity contribution in [1.29, 1.82) is 0 Å². The molecule has 0 unspecified atom stereocenters. The van der Waals surface area contributed by atoms with Gasteiger partial charge in [-0.1, -0.05) is 12.1 Å². The largest absolute Gasteiger partial charge is 0.378 e. The summed E-state index contributed by atoms with van der Waals surface area (Å²) in [6.45, 7) is 2.82. The van der Waals surface area contributed by atoms with Gasteiger partial charge in [-0.2, -0.15) is 0 Å². The zero-order chi connectivity index (χ0) is 16.3. The molecule has 0 radical (unpaired) electrons. The first-order valence-corrected chi connectivity index (χ1v) is 8.40. The number of benzene rings is 1. The third-order valence-electron chi connectivity index (χ3n) is 4.75. The highest BCUT2D eigenvalue weighted by Crippen LogP contribution is 2.31. The van der Waals surface area contributed by atoms with Gasteiger partial charge in [0.25, 0.3) is 0 Å². The Balaban J connectivity index is 1.49. The number of amides is 1. The van der Waals surface area contributed by atoms with Crippen LogP contribution in [-0.2, 0) is 20.7 Å². The van der Waals surface area contributed by atoms with Crippen LogP contribution in [0.15, 0.2) is 24.3 Å². The highest BCUT2D eigenvalue weighted by Gasteiger charge is 2.40. The minimum atomic E-state index is -0.406. The summed E-state index contributed by atoms with van der Waals surface area (Å²) in [5, 5.41) is 0. The molecular weight excluding hydrogens is 292 g/mol. The van der Waals surface area contributed by atoms with E-state index in [0.717, 1.165) is 32.4 Å². The van der Waals surface area contributed by atoms with E-state index in [9.17, 15) is 4.79 Å². The molecule has 0 aromatic heterocycles. The van der Waals surface area contributed by atoms with Crippen LogP contribution in [0.2, 0.25) is 0 Å². The van der Waals surface area contributed by atoms with Crippen LogP contribution in [-0.4, -0.2) is 57.0 Å². The number of nitrogens with zero attached hydrogens (tertiary/aromatic N) is 2. The zero-order valence-corrected chi connectivity index (χ0v) is 14.1. The normalized spacial score (nSPS) is 20.0. The summed E-state index contributed by atoms with van der Waals surface area (Å²) in [6, 6.07) is 8.37. The third kappa shape index (κ3) is 3.85. The molecule has 2 fully saturated rings. The first-order chi connectivity index (χ1) is 11.1. The first kappa shape index (κ1) is 16.3. The average molecular weight is 318 g/mol. The second-order valence-corrected chi connectivity index (χ2v) is 6.55. The molecule has 1 aromatic carbocycles. The van der Waals surface area contributed by atoms with Crippen LogP contribution in [0.5, 0.6) is 0 Å². The molecule has 0 saturated carbocycles. The Morgan fingerprint density at radius 2 is 1.91 bits per heavy atom. The van der Waals surface area contributed by atoms with Gasteiger partial charge < -0.3 is 19.3 Å². The summed E-state index contributed by atoms with van der Waals surface area (Å²) in [5.74, 6) is -0.176. The molecule has 5 heteroatoms. The summed E-state index contributed by atoms with van der Waals surface area (Å²) in [6.07, 6.45) is 2.92. The minimum absolute atomic E-state index is 0.230. The third-order valence-corrected chi connectivity index (χ3v) is 4.75. The molecular formula is C18H26N2O3. The van der Waals surface area contributed by atoms with Gasteiger partial charge >= 0.3 is 0 Å². The molecule has 23 heavy (non-hydrogen) atoms. The van der Waals surface area contributed by atoms with Crippen LogP contribution in [0, 0.1) is 0 Å². The topological polar surface area (TPSA) is 42.0 Å². The minimum Gasteiger partial charge on any atom is -0.378 e. The van der Waals surface area contributed by atoms with Crippen molar-refractivity contribution in [3.05, 3.63) is 29.8 Å². The van der Waals surface area contributed by atoms with Gasteiger partial charge in [0, 0.05) is 52.1 Å². The number of aryl methyl sites for hydroxylation is 1. The quantitative estimate of drug-likeness (QED) is 0.852. The second kappa shape index (κ2) is 6.89. The number of hydrogen-bond donors (Lipinski definition) is 0. The van der Waals surface area contributed by atoms with Crippen molar-refractivity contribution in [2.75, 3.05) is 45.3 Å². The van der Waals surface area contributed by atoms with Crippen molar-refractivity contribution in [3.63, 3.8) is 0 Å². The van der Waals surface area contributed by atoms with Crippen LogP contribution in [0.1, 0.15) is 24.8 Å². The molecule has 0 atom stereocenters. The van der Waals surface area contributed by atoms with Crippen molar-refractivity contribution in [1.82, 2.24) is 4.90 Å². The molecule has 5 nitrogen and oxygen atoms in total. The van der Waals surface area contributed by atoms with E-state index >= 15 is 0 Å². The van der Waals surface area contributed by atoms with Gasteiger partial charge in [0.1, 0.15) is 0 Å². The van der Waals surface area contributed by atoms with Gasteiger partial charge in [-0.25, -0.2) is 0 Å². The van der Waals surface area contributed by atoms with E-state index in [0.29, 0.717) is 19.6 Å². The van der Waals surface area contributed by atoms with Crippen molar-refractivity contribution in [2.45, 2.75) is 31.5 Å². The van der Waals surface area contributed by atoms with Gasteiger partial charge in [0.2, 0.25) is 5.91 Å². The van der Waals surface area contributed by atoms with E-state index in [2.05, 4.69) is 29.2 Å². The van der Waals surface area contributed by atoms with Crippen molar-refractivity contribution >= 4 is 11.6 Å². The molecule has 2 aliphatic heterocycles. The Labute approximate surface area is 138 Å². The highest BCUT2D eigenvalue weighted by molar-refractivity contribution is 5.76. The molecule has 2 saturated heterocycles.